The summed E-state index contributed by atoms with van der Waals surface area (Å²) in [4.78, 5) is 21.0. The second kappa shape index (κ2) is 7.43. The maximum Gasteiger partial charge on any atom is 0.315 e. The predicted molar refractivity (Wildman–Crippen MR) is 45.3 cm³/mol. The van der Waals surface area contributed by atoms with Gasteiger partial charge in [-0.1, -0.05) is 0 Å². The maximum atomic E-state index is 10.7. The Morgan fingerprint density at radius 2 is 2.07 bits per heavy atom. The van der Waals surface area contributed by atoms with Crippen LogP contribution in [-0.4, -0.2) is 48.1 Å². The van der Waals surface area contributed by atoms with Gasteiger partial charge in [-0.25, -0.2) is 0 Å². The van der Waals surface area contributed by atoms with Crippen molar-refractivity contribution in [3.63, 3.8) is 0 Å². The van der Waals surface area contributed by atoms with E-state index in [9.17, 15) is 9.59 Å². The Hall–Kier alpha value is -0.980. The van der Waals surface area contributed by atoms with Gasteiger partial charge >= 0.3 is 11.9 Å². The van der Waals surface area contributed by atoms with Crippen LogP contribution < -0.4 is 0 Å². The van der Waals surface area contributed by atoms with Crippen molar-refractivity contribution in [3.05, 3.63) is 0 Å². The fourth-order valence-electron chi connectivity index (χ4n) is 0.639. The second-order valence-electron chi connectivity index (χ2n) is 2.63. The minimum atomic E-state index is -0.946. The number of ether oxygens (including phenoxy) is 2. The molecule has 2 N–H and O–H groups in total. The van der Waals surface area contributed by atoms with Crippen molar-refractivity contribution < 1.29 is 29.3 Å². The van der Waals surface area contributed by atoms with Crippen molar-refractivity contribution in [2.24, 2.45) is 0 Å². The third kappa shape index (κ3) is 7.66. The fraction of sp³-hybridized carbons (Fsp3) is 0.750. The summed E-state index contributed by atoms with van der Waals surface area (Å²) < 4.78 is 9.03. The van der Waals surface area contributed by atoms with Gasteiger partial charge in [0.1, 0.15) is 6.10 Å². The highest BCUT2D eigenvalue weighted by molar-refractivity contribution is 5.84. The first-order valence-electron chi connectivity index (χ1n) is 4.14. The van der Waals surface area contributed by atoms with E-state index in [1.54, 1.807) is 0 Å². The topological polar surface area (TPSA) is 93.1 Å². The number of hydrogen-bond donors (Lipinski definition) is 2. The number of hydrogen-bond acceptors (Lipinski definition) is 6. The van der Waals surface area contributed by atoms with Crippen LogP contribution in [0.25, 0.3) is 0 Å². The molecular formula is C8H14O6. The number of aliphatic hydroxyl groups excluding tert-OH is 2. The molecule has 0 radical (unpaired) electrons. The van der Waals surface area contributed by atoms with E-state index in [0.29, 0.717) is 0 Å². The Labute approximate surface area is 81.4 Å². The Balaban J connectivity index is 3.36. The van der Waals surface area contributed by atoms with Gasteiger partial charge in [-0.15, -0.1) is 0 Å². The van der Waals surface area contributed by atoms with Crippen LogP contribution in [0, 0.1) is 0 Å². The molecule has 0 spiro atoms. The van der Waals surface area contributed by atoms with Gasteiger partial charge in [-0.05, 0) is 0 Å². The van der Waals surface area contributed by atoms with E-state index in [-0.39, 0.29) is 19.6 Å². The quantitative estimate of drug-likeness (QED) is 0.323. The Morgan fingerprint density at radius 1 is 1.43 bits per heavy atom. The second-order valence-corrected chi connectivity index (χ2v) is 2.63. The maximum absolute atomic E-state index is 10.7. The largest absolute Gasteiger partial charge is 0.394 e. The van der Waals surface area contributed by atoms with Crippen LogP contribution in [0.5, 0.6) is 0 Å². The number of carbonyl (C=O) groups excluding carboxylic acids is 2. The molecule has 0 aliphatic heterocycles. The fourth-order valence-corrected chi connectivity index (χ4v) is 0.639. The van der Waals surface area contributed by atoms with Crippen LogP contribution in [0.4, 0.5) is 0 Å². The first-order valence-corrected chi connectivity index (χ1v) is 4.14. The van der Waals surface area contributed by atoms with E-state index in [1.807, 2.05) is 0 Å². The van der Waals surface area contributed by atoms with Gasteiger partial charge in [0.05, 0.1) is 26.2 Å². The average Bonchev–Trinajstić information content (AvgIpc) is 2.10. The smallest absolute Gasteiger partial charge is 0.315 e. The summed E-state index contributed by atoms with van der Waals surface area (Å²) in [6.45, 7) is 0.735. The highest BCUT2D eigenvalue weighted by Crippen LogP contribution is 1.90. The first-order chi connectivity index (χ1) is 6.56. The Bertz CT molecular complexity index is 190. The first kappa shape index (κ1) is 13.0. The molecule has 0 aromatic carbocycles. The lowest BCUT2D eigenvalue weighted by Gasteiger charge is -2.07. The SMILES string of the molecule is CC(=O)OC(=O)CCOCC(O)CO. The molecule has 6 heteroatoms. The zero-order chi connectivity index (χ0) is 11.0. The predicted octanol–water partition coefficient (Wildman–Crippen LogP) is -1.16. The van der Waals surface area contributed by atoms with Crippen molar-refractivity contribution in [2.45, 2.75) is 19.4 Å². The molecule has 0 amide bonds. The molecule has 1 atom stereocenters. The van der Waals surface area contributed by atoms with E-state index in [1.165, 1.54) is 0 Å². The van der Waals surface area contributed by atoms with E-state index in [0.717, 1.165) is 6.92 Å². The number of esters is 2. The van der Waals surface area contributed by atoms with E-state index >= 15 is 0 Å². The average molecular weight is 206 g/mol. The highest BCUT2D eigenvalue weighted by atomic mass is 16.6. The molecule has 0 aromatic rings. The molecule has 0 rings (SSSR count). The van der Waals surface area contributed by atoms with Crippen molar-refractivity contribution in [3.8, 4) is 0 Å². The number of carbonyl (C=O) groups is 2. The third-order valence-electron chi connectivity index (χ3n) is 1.23. The summed E-state index contributed by atoms with van der Waals surface area (Å²) in [5.41, 5.74) is 0. The van der Waals surface area contributed by atoms with Crippen LogP contribution in [0.1, 0.15) is 13.3 Å². The molecule has 0 bridgehead atoms. The summed E-state index contributed by atoms with van der Waals surface area (Å²) in [6, 6.07) is 0. The molecular weight excluding hydrogens is 192 g/mol. The van der Waals surface area contributed by atoms with Crippen molar-refractivity contribution in [1.29, 1.82) is 0 Å². The minimum absolute atomic E-state index is 0.0448. The third-order valence-corrected chi connectivity index (χ3v) is 1.23. The van der Waals surface area contributed by atoms with Gasteiger partial charge < -0.3 is 19.7 Å². The lowest BCUT2D eigenvalue weighted by molar-refractivity contribution is -0.158. The van der Waals surface area contributed by atoms with Gasteiger partial charge in [0.15, 0.2) is 0 Å². The molecule has 0 aliphatic rings. The summed E-state index contributed by atoms with van der Waals surface area (Å²) >= 11 is 0. The zero-order valence-corrected chi connectivity index (χ0v) is 7.93. The number of rotatable bonds is 6. The number of aliphatic hydroxyl groups is 2. The molecule has 0 fully saturated rings. The van der Waals surface area contributed by atoms with Gasteiger partial charge in [0, 0.05) is 6.92 Å². The van der Waals surface area contributed by atoms with Crippen LogP contribution in [-0.2, 0) is 19.1 Å². The van der Waals surface area contributed by atoms with Crippen molar-refractivity contribution >= 4 is 11.9 Å². The Kier molecular flexibility index (Phi) is 6.91. The molecule has 6 nitrogen and oxygen atoms in total. The van der Waals surface area contributed by atoms with E-state index in [4.69, 9.17) is 14.9 Å². The summed E-state index contributed by atoms with van der Waals surface area (Å²) in [6.07, 6.45) is -1.00. The molecule has 82 valence electrons. The molecule has 0 heterocycles. The van der Waals surface area contributed by atoms with Gasteiger partial charge in [0.25, 0.3) is 0 Å². The lowest BCUT2D eigenvalue weighted by atomic mass is 10.4. The van der Waals surface area contributed by atoms with Gasteiger partial charge in [-0.3, -0.25) is 9.59 Å². The van der Waals surface area contributed by atoms with E-state index < -0.39 is 24.6 Å². The van der Waals surface area contributed by atoms with Crippen LogP contribution >= 0.6 is 0 Å². The highest BCUT2D eigenvalue weighted by Gasteiger charge is 2.06. The van der Waals surface area contributed by atoms with Gasteiger partial charge in [-0.2, -0.15) is 0 Å². The van der Waals surface area contributed by atoms with Crippen LogP contribution in [0.15, 0.2) is 0 Å². The Morgan fingerprint density at radius 3 is 2.57 bits per heavy atom. The molecule has 14 heavy (non-hydrogen) atoms. The normalized spacial score (nSPS) is 12.2. The van der Waals surface area contributed by atoms with Crippen molar-refractivity contribution in [1.82, 2.24) is 0 Å². The van der Waals surface area contributed by atoms with Gasteiger partial charge in [0.2, 0.25) is 0 Å². The van der Waals surface area contributed by atoms with Crippen LogP contribution in [0.2, 0.25) is 0 Å². The van der Waals surface area contributed by atoms with E-state index in [2.05, 4.69) is 4.74 Å². The zero-order valence-electron chi connectivity index (χ0n) is 7.93. The minimum Gasteiger partial charge on any atom is -0.394 e. The van der Waals surface area contributed by atoms with Crippen molar-refractivity contribution in [2.75, 3.05) is 19.8 Å². The summed E-state index contributed by atoms with van der Waals surface area (Å²) in [5, 5.41) is 17.2. The standard InChI is InChI=1S/C8H14O6/c1-6(10)14-8(12)2-3-13-5-7(11)4-9/h7,9,11H,2-5H2,1H3. The molecule has 0 saturated heterocycles. The molecule has 0 aromatic heterocycles. The summed E-state index contributed by atoms with van der Waals surface area (Å²) in [7, 11) is 0. The lowest BCUT2D eigenvalue weighted by Crippen LogP contribution is -2.20. The monoisotopic (exact) mass is 206 g/mol. The summed E-state index contributed by atoms with van der Waals surface area (Å²) in [5.74, 6) is -1.33. The molecule has 0 aliphatic carbocycles. The molecule has 0 saturated carbocycles. The van der Waals surface area contributed by atoms with Crippen LogP contribution in [0.3, 0.4) is 0 Å². The molecule has 1 unspecified atom stereocenters.